The summed E-state index contributed by atoms with van der Waals surface area (Å²) in [6.45, 7) is 3.88. The second-order valence-electron chi connectivity index (χ2n) is 6.21. The van der Waals surface area contributed by atoms with Crippen molar-refractivity contribution in [1.82, 2.24) is 19.9 Å². The number of nitrogens with two attached hydrogens (primary N) is 1. The maximum Gasteiger partial charge on any atom is 0.267 e. The maximum atomic E-state index is 11.2. The SMILES string of the molecule is Cc1nccc(N2CCC[C@H](Cc3cc(C(N)=O)ncn3)CC2)n1. The van der Waals surface area contributed by atoms with Gasteiger partial charge < -0.3 is 10.6 Å². The summed E-state index contributed by atoms with van der Waals surface area (Å²) in [7, 11) is 0. The molecule has 0 spiro atoms. The number of amides is 1. The Morgan fingerprint density at radius 3 is 2.96 bits per heavy atom. The lowest BCUT2D eigenvalue weighted by Gasteiger charge is -2.21. The maximum absolute atomic E-state index is 11.2. The van der Waals surface area contributed by atoms with E-state index in [1.807, 2.05) is 19.2 Å². The van der Waals surface area contributed by atoms with E-state index in [9.17, 15) is 4.79 Å². The number of aromatic nitrogens is 4. The van der Waals surface area contributed by atoms with Crippen molar-refractivity contribution in [2.45, 2.75) is 32.6 Å². The fourth-order valence-corrected chi connectivity index (χ4v) is 3.16. The van der Waals surface area contributed by atoms with Crippen LogP contribution in [0.5, 0.6) is 0 Å². The lowest BCUT2D eigenvalue weighted by Crippen LogP contribution is -2.25. The highest BCUT2D eigenvalue weighted by atomic mass is 16.1. The number of carbonyl (C=O) groups excluding carboxylic acids is 1. The van der Waals surface area contributed by atoms with Crippen molar-refractivity contribution in [3.8, 4) is 0 Å². The van der Waals surface area contributed by atoms with Crippen molar-refractivity contribution in [3.63, 3.8) is 0 Å². The van der Waals surface area contributed by atoms with Gasteiger partial charge in [-0.1, -0.05) is 0 Å². The Labute approximate surface area is 141 Å². The lowest BCUT2D eigenvalue weighted by atomic mass is 9.95. The molecule has 2 aromatic rings. The van der Waals surface area contributed by atoms with Crippen molar-refractivity contribution >= 4 is 11.7 Å². The monoisotopic (exact) mass is 326 g/mol. The first-order chi connectivity index (χ1) is 11.6. The fourth-order valence-electron chi connectivity index (χ4n) is 3.16. The van der Waals surface area contributed by atoms with Gasteiger partial charge in [0.15, 0.2) is 0 Å². The average Bonchev–Trinajstić information content (AvgIpc) is 2.81. The molecule has 1 fully saturated rings. The minimum atomic E-state index is -0.509. The van der Waals surface area contributed by atoms with E-state index in [0.717, 1.165) is 56.1 Å². The van der Waals surface area contributed by atoms with E-state index < -0.39 is 5.91 Å². The Balaban J connectivity index is 1.63. The summed E-state index contributed by atoms with van der Waals surface area (Å²) in [6.07, 6.45) is 7.39. The summed E-state index contributed by atoms with van der Waals surface area (Å²) in [5.41, 5.74) is 6.46. The van der Waals surface area contributed by atoms with Crippen molar-refractivity contribution in [2.24, 2.45) is 11.7 Å². The minimum Gasteiger partial charge on any atom is -0.364 e. The molecule has 3 heterocycles. The third-order valence-electron chi connectivity index (χ3n) is 4.41. The van der Waals surface area contributed by atoms with Gasteiger partial charge in [0.05, 0.1) is 0 Å². The highest BCUT2D eigenvalue weighted by molar-refractivity contribution is 5.90. The molecule has 1 atom stereocenters. The molecule has 7 heteroatoms. The molecular weight excluding hydrogens is 304 g/mol. The van der Waals surface area contributed by atoms with E-state index in [0.29, 0.717) is 5.92 Å². The molecule has 2 N–H and O–H groups in total. The molecular formula is C17H22N6O. The summed E-state index contributed by atoms with van der Waals surface area (Å²) in [5, 5.41) is 0. The second kappa shape index (κ2) is 7.33. The molecule has 3 rings (SSSR count). The van der Waals surface area contributed by atoms with Gasteiger partial charge in [-0.3, -0.25) is 4.79 Å². The van der Waals surface area contributed by atoms with E-state index in [2.05, 4.69) is 24.8 Å². The number of aryl methyl sites for hydroxylation is 1. The Kier molecular flexibility index (Phi) is 4.98. The molecule has 1 saturated heterocycles. The van der Waals surface area contributed by atoms with Crippen LogP contribution in [0.2, 0.25) is 0 Å². The summed E-state index contributed by atoms with van der Waals surface area (Å²) in [6, 6.07) is 3.68. The zero-order valence-corrected chi connectivity index (χ0v) is 13.9. The molecule has 2 aromatic heterocycles. The molecule has 0 aromatic carbocycles. The van der Waals surface area contributed by atoms with Gasteiger partial charge >= 0.3 is 0 Å². The quantitative estimate of drug-likeness (QED) is 0.915. The van der Waals surface area contributed by atoms with E-state index >= 15 is 0 Å². The lowest BCUT2D eigenvalue weighted by molar-refractivity contribution is 0.0995. The first-order valence-corrected chi connectivity index (χ1v) is 8.27. The first kappa shape index (κ1) is 16.3. The van der Waals surface area contributed by atoms with Crippen LogP contribution in [0.4, 0.5) is 5.82 Å². The van der Waals surface area contributed by atoms with Crippen LogP contribution in [0.15, 0.2) is 24.7 Å². The predicted molar refractivity (Wildman–Crippen MR) is 90.6 cm³/mol. The first-order valence-electron chi connectivity index (χ1n) is 8.27. The van der Waals surface area contributed by atoms with Gasteiger partial charge in [0.25, 0.3) is 5.91 Å². The number of primary amides is 1. The standard InChI is InChI=1S/C17H22N6O/c1-12-19-6-4-16(22-12)23-7-2-3-13(5-8-23)9-14-10-15(17(18)24)21-11-20-14/h4,6,10-11,13H,2-3,5,7-9H2,1H3,(H2,18,24)/t13-/m0/s1. The predicted octanol–water partition coefficient (Wildman–Crippen LogP) is 1.52. The van der Waals surface area contributed by atoms with E-state index in [1.165, 1.54) is 6.33 Å². The van der Waals surface area contributed by atoms with Gasteiger partial charge in [0, 0.05) is 25.0 Å². The number of nitrogens with zero attached hydrogens (tertiary/aromatic N) is 5. The van der Waals surface area contributed by atoms with Crippen LogP contribution in [0.3, 0.4) is 0 Å². The highest BCUT2D eigenvalue weighted by Crippen LogP contribution is 2.23. The van der Waals surface area contributed by atoms with Crippen molar-refractivity contribution < 1.29 is 4.79 Å². The Morgan fingerprint density at radius 2 is 2.17 bits per heavy atom. The largest absolute Gasteiger partial charge is 0.364 e. The molecule has 0 unspecified atom stereocenters. The third kappa shape index (κ3) is 4.04. The summed E-state index contributed by atoms with van der Waals surface area (Å²) in [4.78, 5) is 30.4. The normalized spacial score (nSPS) is 18.2. The molecule has 0 aliphatic carbocycles. The Bertz CT molecular complexity index is 720. The zero-order valence-electron chi connectivity index (χ0n) is 13.9. The van der Waals surface area contributed by atoms with Gasteiger partial charge in [0.1, 0.15) is 23.7 Å². The molecule has 1 aliphatic rings. The number of rotatable bonds is 4. The van der Waals surface area contributed by atoms with Gasteiger partial charge in [-0.2, -0.15) is 0 Å². The Morgan fingerprint density at radius 1 is 1.29 bits per heavy atom. The van der Waals surface area contributed by atoms with Gasteiger partial charge in [-0.25, -0.2) is 19.9 Å². The number of hydrogen-bond acceptors (Lipinski definition) is 6. The average molecular weight is 326 g/mol. The van der Waals surface area contributed by atoms with Crippen LogP contribution in [0, 0.1) is 12.8 Å². The third-order valence-corrected chi connectivity index (χ3v) is 4.41. The minimum absolute atomic E-state index is 0.284. The summed E-state index contributed by atoms with van der Waals surface area (Å²) in [5.74, 6) is 1.83. The number of anilines is 1. The molecule has 24 heavy (non-hydrogen) atoms. The van der Waals surface area contributed by atoms with Crippen LogP contribution < -0.4 is 10.6 Å². The van der Waals surface area contributed by atoms with E-state index in [4.69, 9.17) is 5.73 Å². The van der Waals surface area contributed by atoms with Crippen LogP contribution in [0.1, 0.15) is 41.3 Å². The van der Waals surface area contributed by atoms with Crippen LogP contribution in [-0.2, 0) is 6.42 Å². The Hall–Kier alpha value is -2.57. The highest BCUT2D eigenvalue weighted by Gasteiger charge is 2.19. The van der Waals surface area contributed by atoms with Crippen LogP contribution >= 0.6 is 0 Å². The molecule has 0 radical (unpaired) electrons. The summed E-state index contributed by atoms with van der Waals surface area (Å²) < 4.78 is 0. The van der Waals surface area contributed by atoms with Crippen molar-refractivity contribution in [2.75, 3.05) is 18.0 Å². The van der Waals surface area contributed by atoms with Crippen molar-refractivity contribution in [3.05, 3.63) is 41.9 Å². The van der Waals surface area contributed by atoms with E-state index in [1.54, 1.807) is 6.07 Å². The smallest absolute Gasteiger partial charge is 0.267 e. The van der Waals surface area contributed by atoms with Crippen LogP contribution in [-0.4, -0.2) is 38.9 Å². The number of hydrogen-bond donors (Lipinski definition) is 1. The van der Waals surface area contributed by atoms with Crippen LogP contribution in [0.25, 0.3) is 0 Å². The molecule has 7 nitrogen and oxygen atoms in total. The van der Waals surface area contributed by atoms with Gasteiger partial charge in [0.2, 0.25) is 0 Å². The molecule has 1 amide bonds. The van der Waals surface area contributed by atoms with Crippen molar-refractivity contribution in [1.29, 1.82) is 0 Å². The van der Waals surface area contributed by atoms with E-state index in [-0.39, 0.29) is 5.69 Å². The second-order valence-corrected chi connectivity index (χ2v) is 6.21. The topological polar surface area (TPSA) is 97.9 Å². The van der Waals surface area contributed by atoms with Gasteiger partial charge in [-0.15, -0.1) is 0 Å². The summed E-state index contributed by atoms with van der Waals surface area (Å²) >= 11 is 0. The molecule has 126 valence electrons. The fraction of sp³-hybridized carbons (Fsp3) is 0.471. The van der Waals surface area contributed by atoms with Gasteiger partial charge in [-0.05, 0) is 50.7 Å². The molecule has 0 saturated carbocycles. The zero-order chi connectivity index (χ0) is 16.9. The number of carbonyl (C=O) groups is 1. The molecule has 0 bridgehead atoms. The molecule has 1 aliphatic heterocycles.